The van der Waals surface area contributed by atoms with E-state index in [0.29, 0.717) is 18.3 Å². The summed E-state index contributed by atoms with van der Waals surface area (Å²) in [5.41, 5.74) is 1.06. The zero-order valence-electron chi connectivity index (χ0n) is 12.2. The predicted molar refractivity (Wildman–Crippen MR) is 76.8 cm³/mol. The van der Waals surface area contributed by atoms with Gasteiger partial charge in [-0.25, -0.2) is 9.78 Å². The lowest BCUT2D eigenvalue weighted by atomic mass is 10.3. The third-order valence-corrected chi connectivity index (χ3v) is 3.44. The summed E-state index contributed by atoms with van der Waals surface area (Å²) < 4.78 is 3.38. The number of anilines is 1. The van der Waals surface area contributed by atoms with Crippen LogP contribution in [0.3, 0.4) is 0 Å². The molecular formula is C13H19N7O. The minimum Gasteiger partial charge on any atom is -0.334 e. The molecule has 0 spiro atoms. The summed E-state index contributed by atoms with van der Waals surface area (Å²) in [5.74, 6) is 1.28. The number of aryl methyl sites for hydroxylation is 1. The van der Waals surface area contributed by atoms with Crippen molar-refractivity contribution >= 4 is 11.8 Å². The second kappa shape index (κ2) is 5.55. The van der Waals surface area contributed by atoms with E-state index in [9.17, 15) is 4.79 Å². The SMILES string of the molecule is CC(Cn1cncn1)NC(=O)Nc1cc(C2CC2)nn1C. The fourth-order valence-corrected chi connectivity index (χ4v) is 2.21. The Bertz CT molecular complexity index is 615. The Kier molecular flexibility index (Phi) is 3.59. The molecule has 3 rings (SSSR count). The molecule has 8 heteroatoms. The Morgan fingerprint density at radius 1 is 1.52 bits per heavy atom. The fraction of sp³-hybridized carbons (Fsp3) is 0.538. The Labute approximate surface area is 122 Å². The number of nitrogens with one attached hydrogen (secondary N) is 2. The summed E-state index contributed by atoms with van der Waals surface area (Å²) in [6.45, 7) is 2.49. The molecule has 0 radical (unpaired) electrons. The Balaban J connectivity index is 1.53. The number of hydrogen-bond donors (Lipinski definition) is 2. The van der Waals surface area contributed by atoms with Crippen molar-refractivity contribution in [3.05, 3.63) is 24.4 Å². The molecule has 1 saturated carbocycles. The summed E-state index contributed by atoms with van der Waals surface area (Å²) in [5, 5.41) is 14.1. The summed E-state index contributed by atoms with van der Waals surface area (Å²) in [6.07, 6.45) is 5.48. The van der Waals surface area contributed by atoms with E-state index in [0.717, 1.165) is 5.69 Å². The van der Waals surface area contributed by atoms with Gasteiger partial charge in [-0.2, -0.15) is 10.2 Å². The molecular weight excluding hydrogens is 270 g/mol. The minimum absolute atomic E-state index is 0.0529. The molecule has 21 heavy (non-hydrogen) atoms. The van der Waals surface area contributed by atoms with Crippen LogP contribution >= 0.6 is 0 Å². The highest BCUT2D eigenvalue weighted by Crippen LogP contribution is 2.39. The zero-order chi connectivity index (χ0) is 14.8. The monoisotopic (exact) mass is 289 g/mol. The highest BCUT2D eigenvalue weighted by atomic mass is 16.2. The van der Waals surface area contributed by atoms with Crippen LogP contribution in [0, 0.1) is 0 Å². The molecule has 2 heterocycles. The molecule has 0 aliphatic heterocycles. The van der Waals surface area contributed by atoms with Crippen LogP contribution in [0.15, 0.2) is 18.7 Å². The lowest BCUT2D eigenvalue weighted by Crippen LogP contribution is -2.39. The van der Waals surface area contributed by atoms with Gasteiger partial charge in [0, 0.05) is 25.1 Å². The summed E-state index contributed by atoms with van der Waals surface area (Å²) >= 11 is 0. The van der Waals surface area contributed by atoms with Crippen LogP contribution < -0.4 is 10.6 Å². The van der Waals surface area contributed by atoms with Gasteiger partial charge in [-0.1, -0.05) is 0 Å². The van der Waals surface area contributed by atoms with E-state index in [2.05, 4.69) is 25.8 Å². The van der Waals surface area contributed by atoms with Gasteiger partial charge >= 0.3 is 6.03 Å². The van der Waals surface area contributed by atoms with Gasteiger partial charge in [-0.3, -0.25) is 14.7 Å². The van der Waals surface area contributed by atoms with Crippen molar-refractivity contribution in [2.24, 2.45) is 7.05 Å². The summed E-state index contributed by atoms with van der Waals surface area (Å²) in [7, 11) is 1.83. The van der Waals surface area contributed by atoms with Crippen molar-refractivity contribution in [2.45, 2.75) is 38.3 Å². The van der Waals surface area contributed by atoms with E-state index in [4.69, 9.17) is 0 Å². The minimum atomic E-state index is -0.243. The van der Waals surface area contributed by atoms with E-state index < -0.39 is 0 Å². The van der Waals surface area contributed by atoms with E-state index in [1.54, 1.807) is 15.7 Å². The normalized spacial score (nSPS) is 15.7. The zero-order valence-corrected chi connectivity index (χ0v) is 12.2. The molecule has 2 aromatic heterocycles. The van der Waals surface area contributed by atoms with Crippen LogP contribution in [0.25, 0.3) is 0 Å². The molecule has 1 unspecified atom stereocenters. The van der Waals surface area contributed by atoms with Crippen molar-refractivity contribution < 1.29 is 4.79 Å². The average molecular weight is 289 g/mol. The molecule has 2 aromatic rings. The molecule has 0 aromatic carbocycles. The third kappa shape index (κ3) is 3.39. The second-order valence-corrected chi connectivity index (χ2v) is 5.47. The van der Waals surface area contributed by atoms with Gasteiger partial charge in [-0.05, 0) is 19.8 Å². The van der Waals surface area contributed by atoms with Gasteiger partial charge in [0.2, 0.25) is 0 Å². The van der Waals surface area contributed by atoms with Crippen molar-refractivity contribution in [3.8, 4) is 0 Å². The van der Waals surface area contributed by atoms with Gasteiger partial charge < -0.3 is 5.32 Å². The Morgan fingerprint density at radius 3 is 3.00 bits per heavy atom. The van der Waals surface area contributed by atoms with Crippen molar-refractivity contribution in [1.82, 2.24) is 29.9 Å². The lowest BCUT2D eigenvalue weighted by Gasteiger charge is -2.14. The summed E-state index contributed by atoms with van der Waals surface area (Å²) in [6, 6.07) is 1.65. The average Bonchev–Trinajstić information content (AvgIpc) is 3.04. The van der Waals surface area contributed by atoms with Crippen LogP contribution in [-0.2, 0) is 13.6 Å². The maximum absolute atomic E-state index is 12.0. The van der Waals surface area contributed by atoms with Crippen LogP contribution in [0.1, 0.15) is 31.4 Å². The second-order valence-electron chi connectivity index (χ2n) is 5.47. The van der Waals surface area contributed by atoms with E-state index in [1.165, 1.54) is 19.2 Å². The number of carbonyl (C=O) groups excluding carboxylic acids is 1. The molecule has 1 atom stereocenters. The molecule has 8 nitrogen and oxygen atoms in total. The maximum Gasteiger partial charge on any atom is 0.320 e. The van der Waals surface area contributed by atoms with Gasteiger partial charge in [0.25, 0.3) is 0 Å². The first-order valence-electron chi connectivity index (χ1n) is 7.05. The van der Waals surface area contributed by atoms with E-state index in [1.807, 2.05) is 20.0 Å². The van der Waals surface area contributed by atoms with Gasteiger partial charge in [0.15, 0.2) is 0 Å². The number of urea groups is 1. The number of carbonyl (C=O) groups is 1. The van der Waals surface area contributed by atoms with Crippen molar-refractivity contribution in [2.75, 3.05) is 5.32 Å². The van der Waals surface area contributed by atoms with Gasteiger partial charge in [-0.15, -0.1) is 0 Å². The third-order valence-electron chi connectivity index (χ3n) is 3.44. The van der Waals surface area contributed by atoms with Crippen LogP contribution in [0.5, 0.6) is 0 Å². The topological polar surface area (TPSA) is 89.7 Å². The number of aromatic nitrogens is 5. The number of nitrogens with zero attached hydrogens (tertiary/aromatic N) is 5. The lowest BCUT2D eigenvalue weighted by molar-refractivity contribution is 0.247. The molecule has 1 aliphatic rings. The molecule has 0 bridgehead atoms. The standard InChI is InChI=1S/C13H19N7O/c1-9(6-20-8-14-7-15-20)16-13(21)17-12-5-11(10-3-4-10)18-19(12)2/h5,7-10H,3-4,6H2,1-2H3,(H2,16,17,21). The molecule has 1 aliphatic carbocycles. The van der Waals surface area contributed by atoms with Crippen LogP contribution in [-0.4, -0.2) is 36.6 Å². The first-order chi connectivity index (χ1) is 10.1. The van der Waals surface area contributed by atoms with Gasteiger partial charge in [0.1, 0.15) is 18.5 Å². The first-order valence-corrected chi connectivity index (χ1v) is 7.05. The molecule has 2 N–H and O–H groups in total. The smallest absolute Gasteiger partial charge is 0.320 e. The first kappa shape index (κ1) is 13.6. The Morgan fingerprint density at radius 2 is 2.33 bits per heavy atom. The maximum atomic E-state index is 12.0. The quantitative estimate of drug-likeness (QED) is 0.862. The molecule has 112 valence electrons. The summed E-state index contributed by atoms with van der Waals surface area (Å²) in [4.78, 5) is 15.9. The van der Waals surface area contributed by atoms with Gasteiger partial charge in [0.05, 0.1) is 12.2 Å². The number of amides is 2. The fourth-order valence-electron chi connectivity index (χ4n) is 2.21. The van der Waals surface area contributed by atoms with E-state index in [-0.39, 0.29) is 12.1 Å². The molecule has 2 amide bonds. The highest BCUT2D eigenvalue weighted by Gasteiger charge is 2.27. The predicted octanol–water partition coefficient (Wildman–Crippen LogP) is 1.10. The number of rotatable bonds is 5. The van der Waals surface area contributed by atoms with Crippen molar-refractivity contribution in [1.29, 1.82) is 0 Å². The highest BCUT2D eigenvalue weighted by molar-refractivity contribution is 5.88. The largest absolute Gasteiger partial charge is 0.334 e. The number of hydrogen-bond acceptors (Lipinski definition) is 4. The molecule has 1 fully saturated rings. The van der Waals surface area contributed by atoms with Crippen molar-refractivity contribution in [3.63, 3.8) is 0 Å². The molecule has 0 saturated heterocycles. The Hall–Kier alpha value is -2.38. The van der Waals surface area contributed by atoms with E-state index >= 15 is 0 Å². The van der Waals surface area contributed by atoms with Crippen LogP contribution in [0.4, 0.5) is 10.6 Å². The van der Waals surface area contributed by atoms with Crippen LogP contribution in [0.2, 0.25) is 0 Å².